The highest BCUT2D eigenvalue weighted by atomic mass is 32.2. The summed E-state index contributed by atoms with van der Waals surface area (Å²) in [6.45, 7) is 0. The van der Waals surface area contributed by atoms with E-state index in [0.717, 1.165) is 24.3 Å². The zero-order valence-electron chi connectivity index (χ0n) is 9.71. The highest BCUT2D eigenvalue weighted by Gasteiger charge is 2.30. The Labute approximate surface area is 114 Å². The molecular formula is C12H7F5N2S. The van der Waals surface area contributed by atoms with Gasteiger partial charge in [-0.05, 0) is 24.3 Å². The smallest absolute Gasteiger partial charge is 0.399 e. The number of pyridine rings is 1. The van der Waals surface area contributed by atoms with Crippen LogP contribution in [0.5, 0.6) is 0 Å². The zero-order chi connectivity index (χ0) is 14.9. The molecular weight excluding hydrogens is 299 g/mol. The molecule has 0 radical (unpaired) electrons. The summed E-state index contributed by atoms with van der Waals surface area (Å²) in [5.74, 6) is -1.79. The topological polar surface area (TPSA) is 38.9 Å². The largest absolute Gasteiger partial charge is 0.417 e. The van der Waals surface area contributed by atoms with Gasteiger partial charge in [-0.1, -0.05) is 11.8 Å². The summed E-state index contributed by atoms with van der Waals surface area (Å²) in [7, 11) is 0. The quantitative estimate of drug-likeness (QED) is 0.670. The number of benzene rings is 1. The van der Waals surface area contributed by atoms with Crippen LogP contribution in [0.1, 0.15) is 5.56 Å². The minimum absolute atomic E-state index is 0.0422. The molecule has 0 amide bonds. The Balaban J connectivity index is 2.27. The average molecular weight is 306 g/mol. The SMILES string of the molecule is Nc1cc(F)c(Sc2ccc(C(F)(F)F)cn2)c(F)c1. The van der Waals surface area contributed by atoms with Gasteiger partial charge in [0, 0.05) is 11.9 Å². The van der Waals surface area contributed by atoms with Gasteiger partial charge in [0.25, 0.3) is 0 Å². The Hall–Kier alpha value is -1.83. The molecule has 106 valence electrons. The Morgan fingerprint density at radius 2 is 1.65 bits per heavy atom. The van der Waals surface area contributed by atoms with E-state index >= 15 is 0 Å². The number of nitrogens with two attached hydrogens (primary N) is 1. The Kier molecular flexibility index (Phi) is 3.85. The summed E-state index contributed by atoms with van der Waals surface area (Å²) in [6.07, 6.45) is -3.90. The molecule has 2 nitrogen and oxygen atoms in total. The van der Waals surface area contributed by atoms with E-state index in [4.69, 9.17) is 5.73 Å². The van der Waals surface area contributed by atoms with Crippen molar-refractivity contribution in [1.29, 1.82) is 0 Å². The minimum Gasteiger partial charge on any atom is -0.399 e. The fourth-order valence-electron chi connectivity index (χ4n) is 1.39. The lowest BCUT2D eigenvalue weighted by Gasteiger charge is -2.08. The van der Waals surface area contributed by atoms with Gasteiger partial charge in [0.1, 0.15) is 16.7 Å². The molecule has 8 heteroatoms. The molecule has 0 aliphatic carbocycles. The van der Waals surface area contributed by atoms with Crippen LogP contribution in [0.2, 0.25) is 0 Å². The second-order valence-corrected chi connectivity index (χ2v) is 4.83. The Bertz CT molecular complexity index is 602. The molecule has 1 aromatic carbocycles. The lowest BCUT2D eigenvalue weighted by Crippen LogP contribution is -2.05. The van der Waals surface area contributed by atoms with Crippen LogP contribution in [0.25, 0.3) is 0 Å². The number of nitrogens with zero attached hydrogens (tertiary/aromatic N) is 1. The molecule has 0 fully saturated rings. The molecule has 1 aromatic heterocycles. The van der Waals surface area contributed by atoms with Gasteiger partial charge in [-0.25, -0.2) is 13.8 Å². The highest BCUT2D eigenvalue weighted by Crippen LogP contribution is 2.34. The molecule has 0 saturated heterocycles. The number of aromatic nitrogens is 1. The van der Waals surface area contributed by atoms with E-state index < -0.39 is 23.4 Å². The van der Waals surface area contributed by atoms with Crippen molar-refractivity contribution < 1.29 is 22.0 Å². The van der Waals surface area contributed by atoms with Gasteiger partial charge < -0.3 is 5.73 Å². The maximum atomic E-state index is 13.5. The predicted octanol–water partition coefficient (Wildman–Crippen LogP) is 4.11. The summed E-state index contributed by atoms with van der Waals surface area (Å²) < 4.78 is 64.0. The van der Waals surface area contributed by atoms with E-state index in [1.165, 1.54) is 0 Å². The Morgan fingerprint density at radius 3 is 2.10 bits per heavy atom. The monoisotopic (exact) mass is 306 g/mol. The van der Waals surface area contributed by atoms with Crippen LogP contribution in [0.15, 0.2) is 40.4 Å². The lowest BCUT2D eigenvalue weighted by molar-refractivity contribution is -0.137. The molecule has 0 unspecified atom stereocenters. The van der Waals surface area contributed by atoms with E-state index in [1.807, 2.05) is 0 Å². The van der Waals surface area contributed by atoms with Gasteiger partial charge in [0.05, 0.1) is 10.5 Å². The number of anilines is 1. The first-order valence-electron chi connectivity index (χ1n) is 5.23. The summed E-state index contributed by atoms with van der Waals surface area (Å²) in [4.78, 5) is 3.15. The van der Waals surface area contributed by atoms with Gasteiger partial charge in [-0.15, -0.1) is 0 Å². The summed E-state index contributed by atoms with van der Waals surface area (Å²) in [6, 6.07) is 3.69. The van der Waals surface area contributed by atoms with Crippen molar-refractivity contribution in [2.24, 2.45) is 0 Å². The number of halogens is 5. The third-order valence-corrected chi connectivity index (χ3v) is 3.34. The van der Waals surface area contributed by atoms with E-state index in [-0.39, 0.29) is 15.6 Å². The third-order valence-electron chi connectivity index (χ3n) is 2.29. The molecule has 2 aromatic rings. The fourth-order valence-corrected chi connectivity index (χ4v) is 2.15. The number of rotatable bonds is 2. The van der Waals surface area contributed by atoms with Gasteiger partial charge in [-0.3, -0.25) is 0 Å². The molecule has 0 aliphatic rings. The average Bonchev–Trinajstić information content (AvgIpc) is 2.33. The van der Waals surface area contributed by atoms with Crippen LogP contribution in [0.3, 0.4) is 0 Å². The van der Waals surface area contributed by atoms with Crippen LogP contribution in [-0.4, -0.2) is 4.98 Å². The maximum Gasteiger partial charge on any atom is 0.417 e. The van der Waals surface area contributed by atoms with Crippen LogP contribution in [0.4, 0.5) is 27.6 Å². The van der Waals surface area contributed by atoms with Crippen molar-refractivity contribution >= 4 is 17.4 Å². The number of nitrogen functional groups attached to an aromatic ring is 1. The number of hydrogen-bond donors (Lipinski definition) is 1. The molecule has 0 saturated carbocycles. The van der Waals surface area contributed by atoms with E-state index in [9.17, 15) is 22.0 Å². The molecule has 0 atom stereocenters. The lowest BCUT2D eigenvalue weighted by atomic mass is 10.3. The Morgan fingerprint density at radius 1 is 1.05 bits per heavy atom. The molecule has 1 heterocycles. The fraction of sp³-hybridized carbons (Fsp3) is 0.0833. The molecule has 20 heavy (non-hydrogen) atoms. The number of alkyl halides is 3. The van der Waals surface area contributed by atoms with E-state index in [0.29, 0.717) is 18.0 Å². The normalized spacial score (nSPS) is 11.7. The predicted molar refractivity (Wildman–Crippen MR) is 64.1 cm³/mol. The summed E-state index contributed by atoms with van der Waals surface area (Å²) >= 11 is 0.585. The van der Waals surface area contributed by atoms with Crippen LogP contribution in [0, 0.1) is 11.6 Å². The number of hydrogen-bond acceptors (Lipinski definition) is 3. The zero-order valence-corrected chi connectivity index (χ0v) is 10.5. The third kappa shape index (κ3) is 3.19. The molecule has 0 bridgehead atoms. The van der Waals surface area contributed by atoms with Crippen LogP contribution < -0.4 is 5.73 Å². The van der Waals surface area contributed by atoms with Crippen molar-refractivity contribution in [3.05, 3.63) is 47.7 Å². The first-order chi connectivity index (χ1) is 9.27. The second-order valence-electron chi connectivity index (χ2n) is 3.80. The minimum atomic E-state index is -4.51. The van der Waals surface area contributed by atoms with Gasteiger partial charge in [0.2, 0.25) is 0 Å². The molecule has 0 aliphatic heterocycles. The van der Waals surface area contributed by atoms with Crippen molar-refractivity contribution in [1.82, 2.24) is 4.98 Å². The molecule has 0 spiro atoms. The van der Waals surface area contributed by atoms with E-state index in [1.54, 1.807) is 0 Å². The van der Waals surface area contributed by atoms with Crippen molar-refractivity contribution in [2.75, 3.05) is 5.73 Å². The van der Waals surface area contributed by atoms with Crippen molar-refractivity contribution in [2.45, 2.75) is 16.1 Å². The molecule has 2 N–H and O–H groups in total. The van der Waals surface area contributed by atoms with Crippen LogP contribution in [-0.2, 0) is 6.18 Å². The van der Waals surface area contributed by atoms with Crippen molar-refractivity contribution in [3.8, 4) is 0 Å². The maximum absolute atomic E-state index is 13.5. The summed E-state index contributed by atoms with van der Waals surface area (Å²) in [5, 5.41) is 0.0422. The van der Waals surface area contributed by atoms with Gasteiger partial charge >= 0.3 is 6.18 Å². The van der Waals surface area contributed by atoms with Gasteiger partial charge in [0.15, 0.2) is 0 Å². The van der Waals surface area contributed by atoms with Crippen LogP contribution >= 0.6 is 11.8 Å². The summed E-state index contributed by atoms with van der Waals surface area (Å²) in [5.41, 5.74) is 4.25. The van der Waals surface area contributed by atoms with E-state index in [2.05, 4.69) is 4.98 Å². The second kappa shape index (κ2) is 5.28. The molecule has 2 rings (SSSR count). The van der Waals surface area contributed by atoms with Gasteiger partial charge in [-0.2, -0.15) is 13.2 Å². The first-order valence-corrected chi connectivity index (χ1v) is 6.04. The van der Waals surface area contributed by atoms with Crippen molar-refractivity contribution in [3.63, 3.8) is 0 Å². The first kappa shape index (κ1) is 14.6. The standard InChI is InChI=1S/C12H7F5N2S/c13-8-3-7(18)4-9(14)11(8)20-10-2-1-6(5-19-10)12(15,16)17/h1-5H,18H2. The highest BCUT2D eigenvalue weighted by molar-refractivity contribution is 7.99.